The molecule has 0 radical (unpaired) electrons. The molecule has 1 aliphatic rings. The molecule has 2 unspecified atom stereocenters. The van der Waals surface area contributed by atoms with Gasteiger partial charge in [-0.1, -0.05) is 41.4 Å². The van der Waals surface area contributed by atoms with E-state index in [0.29, 0.717) is 40.8 Å². The number of likely N-dealkylation sites (tertiary alicyclic amines) is 1. The van der Waals surface area contributed by atoms with Gasteiger partial charge in [0, 0.05) is 37.2 Å². The zero-order valence-corrected chi connectivity index (χ0v) is 20.8. The van der Waals surface area contributed by atoms with Crippen molar-refractivity contribution >= 4 is 29.1 Å². The summed E-state index contributed by atoms with van der Waals surface area (Å²) in [5.74, 6) is -0.253. The Balaban J connectivity index is 1.59. The molecule has 0 saturated carbocycles. The van der Waals surface area contributed by atoms with E-state index in [9.17, 15) is 18.0 Å². The third-order valence-electron chi connectivity index (χ3n) is 6.49. The van der Waals surface area contributed by atoms with Gasteiger partial charge in [-0.25, -0.2) is 0 Å². The van der Waals surface area contributed by atoms with Crippen LogP contribution in [0.1, 0.15) is 38.5 Å². The third-order valence-corrected chi connectivity index (χ3v) is 7.23. The summed E-state index contributed by atoms with van der Waals surface area (Å²) in [6.45, 7) is 1.25. The van der Waals surface area contributed by atoms with Gasteiger partial charge in [-0.2, -0.15) is 18.4 Å². The molecule has 1 fully saturated rings. The van der Waals surface area contributed by atoms with Crippen LogP contribution in [0.4, 0.5) is 13.2 Å². The molecule has 1 saturated heterocycles. The monoisotopic (exact) mass is 531 g/mol. The topological polar surface area (TPSA) is 47.3 Å². The van der Waals surface area contributed by atoms with Gasteiger partial charge in [-0.3, -0.25) is 9.69 Å². The summed E-state index contributed by atoms with van der Waals surface area (Å²) in [6.07, 6.45) is -4.39. The Morgan fingerprint density at radius 1 is 1.03 bits per heavy atom. The van der Waals surface area contributed by atoms with E-state index in [1.54, 1.807) is 41.3 Å². The number of nitrogens with zero attached hydrogens (tertiary/aromatic N) is 3. The van der Waals surface area contributed by atoms with E-state index >= 15 is 0 Å². The van der Waals surface area contributed by atoms with Crippen LogP contribution in [0.3, 0.4) is 0 Å². The van der Waals surface area contributed by atoms with Crippen LogP contribution in [0.5, 0.6) is 0 Å². The van der Waals surface area contributed by atoms with E-state index in [0.717, 1.165) is 23.3 Å². The first-order valence-corrected chi connectivity index (χ1v) is 11.9. The number of alkyl halides is 3. The van der Waals surface area contributed by atoms with E-state index in [1.165, 1.54) is 12.1 Å². The first kappa shape index (κ1) is 26.0. The van der Waals surface area contributed by atoms with Crippen LogP contribution in [0, 0.1) is 11.3 Å². The Kier molecular flexibility index (Phi) is 7.60. The second kappa shape index (κ2) is 10.5. The van der Waals surface area contributed by atoms with Crippen molar-refractivity contribution in [3.63, 3.8) is 0 Å². The average molecular weight is 532 g/mol. The fraction of sp³-hybridized carbons (Fsp3) is 0.259. The van der Waals surface area contributed by atoms with E-state index in [2.05, 4.69) is 0 Å². The quantitative estimate of drug-likeness (QED) is 0.371. The number of hydrogen-bond acceptors (Lipinski definition) is 3. The molecule has 4 rings (SSSR count). The van der Waals surface area contributed by atoms with Crippen LogP contribution in [-0.4, -0.2) is 41.9 Å². The second-order valence-electron chi connectivity index (χ2n) is 8.86. The molecule has 0 aliphatic carbocycles. The lowest BCUT2D eigenvalue weighted by Crippen LogP contribution is -2.38. The number of benzene rings is 3. The Labute approximate surface area is 217 Å². The van der Waals surface area contributed by atoms with Crippen molar-refractivity contribution in [3.05, 3.63) is 105 Å². The number of hydrogen-bond donors (Lipinski definition) is 0. The zero-order valence-electron chi connectivity index (χ0n) is 19.3. The van der Waals surface area contributed by atoms with Crippen LogP contribution in [-0.2, 0) is 12.7 Å². The van der Waals surface area contributed by atoms with Gasteiger partial charge in [0.1, 0.15) is 0 Å². The lowest BCUT2D eigenvalue weighted by Gasteiger charge is -2.29. The average Bonchev–Trinajstić information content (AvgIpc) is 3.31. The maximum atomic E-state index is 13.3. The molecule has 0 bridgehead atoms. The summed E-state index contributed by atoms with van der Waals surface area (Å²) < 4.78 is 38.8. The molecule has 4 nitrogen and oxygen atoms in total. The molecule has 1 aliphatic heterocycles. The number of carbonyl (C=O) groups is 1. The van der Waals surface area contributed by atoms with Crippen LogP contribution in [0.25, 0.3) is 0 Å². The van der Waals surface area contributed by atoms with Crippen LogP contribution >= 0.6 is 23.2 Å². The fourth-order valence-electron chi connectivity index (χ4n) is 4.54. The molecule has 3 aromatic rings. The first-order chi connectivity index (χ1) is 17.1. The largest absolute Gasteiger partial charge is 0.416 e. The van der Waals surface area contributed by atoms with E-state index in [4.69, 9.17) is 28.5 Å². The molecule has 9 heteroatoms. The SMILES string of the molecule is CN(Cc1ccc(C(F)(F)F)cc1)C1CN(C(=O)c2ccc(C#N)cc2)CC1c1ccc(Cl)c(Cl)c1. The van der Waals surface area contributed by atoms with Crippen LogP contribution in [0.2, 0.25) is 10.0 Å². The van der Waals surface area contributed by atoms with Crippen molar-refractivity contribution in [1.82, 2.24) is 9.80 Å². The highest BCUT2D eigenvalue weighted by Crippen LogP contribution is 2.35. The normalized spacial score (nSPS) is 17.9. The van der Waals surface area contributed by atoms with Gasteiger partial charge in [0.25, 0.3) is 5.91 Å². The highest BCUT2D eigenvalue weighted by molar-refractivity contribution is 6.42. The predicted octanol–water partition coefficient (Wildman–Crippen LogP) is 6.62. The summed E-state index contributed by atoms with van der Waals surface area (Å²) >= 11 is 12.4. The van der Waals surface area contributed by atoms with Crippen molar-refractivity contribution in [2.45, 2.75) is 24.7 Å². The maximum absolute atomic E-state index is 13.3. The van der Waals surface area contributed by atoms with Crippen molar-refractivity contribution in [3.8, 4) is 6.07 Å². The lowest BCUT2D eigenvalue weighted by atomic mass is 9.93. The van der Waals surface area contributed by atoms with Gasteiger partial charge in [0.15, 0.2) is 0 Å². The molecule has 3 aromatic carbocycles. The van der Waals surface area contributed by atoms with E-state index < -0.39 is 11.7 Å². The highest BCUT2D eigenvalue weighted by Gasteiger charge is 2.39. The van der Waals surface area contributed by atoms with E-state index in [-0.39, 0.29) is 17.9 Å². The number of amides is 1. The number of rotatable bonds is 5. The second-order valence-corrected chi connectivity index (χ2v) is 9.67. The Morgan fingerprint density at radius 2 is 1.69 bits per heavy atom. The Morgan fingerprint density at radius 3 is 2.28 bits per heavy atom. The number of carbonyl (C=O) groups excluding carboxylic acids is 1. The molecule has 2 atom stereocenters. The number of likely N-dealkylation sites (N-methyl/N-ethyl adjacent to an activating group) is 1. The minimum atomic E-state index is -4.39. The van der Waals surface area contributed by atoms with Gasteiger partial charge in [0.05, 0.1) is 27.2 Å². The highest BCUT2D eigenvalue weighted by atomic mass is 35.5. The summed E-state index contributed by atoms with van der Waals surface area (Å²) in [5.41, 5.74) is 1.91. The van der Waals surface area contributed by atoms with Gasteiger partial charge in [-0.05, 0) is 66.7 Å². The Bertz CT molecular complexity index is 1290. The van der Waals surface area contributed by atoms with Gasteiger partial charge < -0.3 is 4.90 Å². The molecule has 36 heavy (non-hydrogen) atoms. The molecular weight excluding hydrogens is 510 g/mol. The van der Waals surface area contributed by atoms with Crippen LogP contribution in [0.15, 0.2) is 66.7 Å². The molecule has 0 N–H and O–H groups in total. The van der Waals surface area contributed by atoms with E-state index in [1.807, 2.05) is 24.1 Å². The molecule has 0 aromatic heterocycles. The maximum Gasteiger partial charge on any atom is 0.416 e. The van der Waals surface area contributed by atoms with Crippen molar-refractivity contribution < 1.29 is 18.0 Å². The summed E-state index contributed by atoms with van der Waals surface area (Å²) in [6, 6.07) is 18.9. The van der Waals surface area contributed by atoms with Gasteiger partial charge in [-0.15, -0.1) is 0 Å². The minimum absolute atomic E-state index is 0.0958. The van der Waals surface area contributed by atoms with Gasteiger partial charge >= 0.3 is 6.18 Å². The van der Waals surface area contributed by atoms with Crippen LogP contribution < -0.4 is 0 Å². The molecule has 1 amide bonds. The molecule has 186 valence electrons. The lowest BCUT2D eigenvalue weighted by molar-refractivity contribution is -0.137. The zero-order chi connectivity index (χ0) is 26.0. The first-order valence-electron chi connectivity index (χ1n) is 11.2. The minimum Gasteiger partial charge on any atom is -0.336 e. The molecule has 1 heterocycles. The molecule has 0 spiro atoms. The fourth-order valence-corrected chi connectivity index (χ4v) is 4.85. The summed E-state index contributed by atoms with van der Waals surface area (Å²) in [4.78, 5) is 17.1. The van der Waals surface area contributed by atoms with Crippen molar-refractivity contribution in [2.75, 3.05) is 20.1 Å². The smallest absolute Gasteiger partial charge is 0.336 e. The number of nitriles is 1. The van der Waals surface area contributed by atoms with Gasteiger partial charge in [0.2, 0.25) is 0 Å². The van der Waals surface area contributed by atoms with Crippen molar-refractivity contribution in [1.29, 1.82) is 5.26 Å². The summed E-state index contributed by atoms with van der Waals surface area (Å²) in [5, 5.41) is 9.87. The standard InChI is InChI=1S/C27H22Cl2F3N3O/c1-34(14-18-4-9-21(10-5-18)27(30,31)32)25-16-35(26(36)19-6-2-17(13-33)3-7-19)15-22(25)20-8-11-23(28)24(29)12-20/h2-12,22,25H,14-16H2,1H3. The number of halogens is 5. The molecular formula is C27H22Cl2F3N3O. The third kappa shape index (κ3) is 5.67. The summed E-state index contributed by atoms with van der Waals surface area (Å²) in [7, 11) is 1.89. The predicted molar refractivity (Wildman–Crippen MR) is 133 cm³/mol. The Hall–Kier alpha value is -3.05. The van der Waals surface area contributed by atoms with Crippen molar-refractivity contribution in [2.24, 2.45) is 0 Å².